The Bertz CT molecular complexity index is 1720. The normalized spacial score (nSPS) is 14.3. The van der Waals surface area contributed by atoms with Crippen molar-refractivity contribution in [3.8, 4) is 28.8 Å². The molecule has 1 aliphatic heterocycles. The molecule has 1 aliphatic rings. The summed E-state index contributed by atoms with van der Waals surface area (Å²) in [6.07, 6.45) is 4.04. The zero-order valence-electron chi connectivity index (χ0n) is 24.2. The first kappa shape index (κ1) is 29.2. The van der Waals surface area contributed by atoms with E-state index in [-0.39, 0.29) is 17.7 Å². The highest BCUT2D eigenvalue weighted by atomic mass is 16.5. The molecule has 0 N–H and O–H groups in total. The van der Waals surface area contributed by atoms with E-state index >= 15 is 0 Å². The number of carbonyl (C=O) groups excluding carboxylic acids is 2. The van der Waals surface area contributed by atoms with Gasteiger partial charge >= 0.3 is 0 Å². The van der Waals surface area contributed by atoms with E-state index in [1.807, 2.05) is 104 Å². The number of nitriles is 1. The van der Waals surface area contributed by atoms with Gasteiger partial charge in [-0.2, -0.15) is 10.4 Å². The van der Waals surface area contributed by atoms with E-state index in [0.717, 1.165) is 21.7 Å². The lowest BCUT2D eigenvalue weighted by Crippen LogP contribution is -2.43. The summed E-state index contributed by atoms with van der Waals surface area (Å²) in [4.78, 5) is 27.9. The number of amides is 2. The van der Waals surface area contributed by atoms with Gasteiger partial charge in [0.1, 0.15) is 29.7 Å². The number of benzene rings is 3. The van der Waals surface area contributed by atoms with Gasteiger partial charge in [0.15, 0.2) is 0 Å². The summed E-state index contributed by atoms with van der Waals surface area (Å²) in [5.41, 5.74) is 4.55. The van der Waals surface area contributed by atoms with E-state index < -0.39 is 11.8 Å². The van der Waals surface area contributed by atoms with Crippen LogP contribution in [-0.4, -0.2) is 46.3 Å². The van der Waals surface area contributed by atoms with E-state index in [4.69, 9.17) is 14.6 Å². The van der Waals surface area contributed by atoms with E-state index in [0.29, 0.717) is 48.8 Å². The zero-order valence-corrected chi connectivity index (χ0v) is 24.2. The van der Waals surface area contributed by atoms with Crippen LogP contribution in [0.1, 0.15) is 31.4 Å². The molecule has 8 nitrogen and oxygen atoms in total. The fourth-order valence-electron chi connectivity index (χ4n) is 4.86. The van der Waals surface area contributed by atoms with Gasteiger partial charge in [-0.05, 0) is 61.7 Å². The Morgan fingerprint density at radius 1 is 0.953 bits per heavy atom. The summed E-state index contributed by atoms with van der Waals surface area (Å²) in [6.45, 7) is 5.05. The SMILES string of the molecule is CCOCCCN1C(=O)C(C#N)=C(C)/C(=C\c2cn(-c3ccccc3)nc2-c2cccc(OCc3ccccc3)c2)C1=O. The monoisotopic (exact) mass is 572 g/mol. The zero-order chi connectivity index (χ0) is 30.2. The highest BCUT2D eigenvalue weighted by molar-refractivity contribution is 6.19. The standard InChI is InChI=1S/C35H32N4O4/c1-3-42-19-11-18-38-34(40)31(25(2)32(22-36)35(38)41)21-28-23-39(29-15-8-5-9-16-29)37-33(28)27-14-10-17-30(20-27)43-24-26-12-6-4-7-13-26/h4-10,12-17,20-21,23H,3,11,18-19,24H2,1-2H3/b31-21+. The third-order valence-electron chi connectivity index (χ3n) is 7.12. The Labute approximate surface area is 251 Å². The molecule has 0 aliphatic carbocycles. The van der Waals surface area contributed by atoms with Crippen LogP contribution in [0.4, 0.5) is 0 Å². The van der Waals surface area contributed by atoms with Crippen LogP contribution < -0.4 is 4.74 Å². The molecule has 0 atom stereocenters. The minimum atomic E-state index is -0.581. The van der Waals surface area contributed by atoms with Crippen LogP contribution in [0.2, 0.25) is 0 Å². The molecule has 2 amide bonds. The first-order chi connectivity index (χ1) is 21.0. The highest BCUT2D eigenvalue weighted by Gasteiger charge is 2.35. The summed E-state index contributed by atoms with van der Waals surface area (Å²) in [5, 5.41) is 14.7. The van der Waals surface area contributed by atoms with Gasteiger partial charge in [-0.3, -0.25) is 14.5 Å². The molecule has 0 radical (unpaired) electrons. The van der Waals surface area contributed by atoms with Crippen LogP contribution >= 0.6 is 0 Å². The number of ether oxygens (including phenoxy) is 2. The number of nitrogens with zero attached hydrogens (tertiary/aromatic N) is 4. The van der Waals surface area contributed by atoms with Crippen LogP contribution in [0.5, 0.6) is 5.75 Å². The average Bonchev–Trinajstić information content (AvgIpc) is 3.47. The van der Waals surface area contributed by atoms with Crippen LogP contribution in [0.3, 0.4) is 0 Å². The second-order valence-corrected chi connectivity index (χ2v) is 10.00. The van der Waals surface area contributed by atoms with Crippen molar-refractivity contribution in [2.24, 2.45) is 0 Å². The smallest absolute Gasteiger partial charge is 0.271 e. The summed E-state index contributed by atoms with van der Waals surface area (Å²) in [5.74, 6) is -0.352. The average molecular weight is 573 g/mol. The van der Waals surface area contributed by atoms with Gasteiger partial charge in [0.05, 0.1) is 5.69 Å². The van der Waals surface area contributed by atoms with Gasteiger partial charge in [0.25, 0.3) is 11.8 Å². The molecule has 1 aromatic heterocycles. The first-order valence-electron chi connectivity index (χ1n) is 14.2. The number of imide groups is 1. The van der Waals surface area contributed by atoms with Crippen LogP contribution in [0.25, 0.3) is 23.0 Å². The molecular weight excluding hydrogens is 540 g/mol. The van der Waals surface area contributed by atoms with Crippen molar-refractivity contribution in [1.29, 1.82) is 5.26 Å². The molecule has 43 heavy (non-hydrogen) atoms. The maximum Gasteiger partial charge on any atom is 0.271 e. The lowest BCUT2D eigenvalue weighted by Gasteiger charge is -2.27. The molecule has 0 saturated heterocycles. The van der Waals surface area contributed by atoms with Crippen LogP contribution in [-0.2, 0) is 20.9 Å². The molecule has 0 saturated carbocycles. The van der Waals surface area contributed by atoms with E-state index in [1.165, 1.54) is 0 Å². The molecule has 5 rings (SSSR count). The Balaban J connectivity index is 1.55. The lowest BCUT2D eigenvalue weighted by atomic mass is 9.93. The second kappa shape index (κ2) is 13.6. The number of rotatable bonds is 11. The van der Waals surface area contributed by atoms with Gasteiger partial charge in [0.2, 0.25) is 0 Å². The molecule has 8 heteroatoms. The maximum atomic E-state index is 13.7. The van der Waals surface area contributed by atoms with Gasteiger partial charge in [-0.15, -0.1) is 0 Å². The Morgan fingerprint density at radius 3 is 2.42 bits per heavy atom. The predicted octanol–water partition coefficient (Wildman–Crippen LogP) is 6.14. The fraction of sp³-hybridized carbons (Fsp3) is 0.200. The van der Waals surface area contributed by atoms with Crippen LogP contribution in [0, 0.1) is 11.3 Å². The number of carbonyl (C=O) groups is 2. The molecule has 2 heterocycles. The predicted molar refractivity (Wildman–Crippen MR) is 164 cm³/mol. The maximum absolute atomic E-state index is 13.7. The molecule has 0 bridgehead atoms. The molecule has 0 spiro atoms. The number of hydrogen-bond donors (Lipinski definition) is 0. The Kier molecular flexibility index (Phi) is 9.25. The highest BCUT2D eigenvalue weighted by Crippen LogP contribution is 2.32. The quantitative estimate of drug-likeness (QED) is 0.122. The van der Waals surface area contributed by atoms with E-state index in [2.05, 4.69) is 0 Å². The number of para-hydroxylation sites is 1. The van der Waals surface area contributed by atoms with E-state index in [9.17, 15) is 14.9 Å². The van der Waals surface area contributed by atoms with Gasteiger partial charge in [-0.25, -0.2) is 4.68 Å². The second-order valence-electron chi connectivity index (χ2n) is 10.00. The van der Waals surface area contributed by atoms with Crippen molar-refractivity contribution >= 4 is 17.9 Å². The van der Waals surface area contributed by atoms with Crippen molar-refractivity contribution in [3.05, 3.63) is 119 Å². The third kappa shape index (κ3) is 6.64. The summed E-state index contributed by atoms with van der Waals surface area (Å²) in [6, 6.07) is 29.2. The van der Waals surface area contributed by atoms with Gasteiger partial charge < -0.3 is 9.47 Å². The molecule has 0 unspecified atom stereocenters. The largest absolute Gasteiger partial charge is 0.489 e. The van der Waals surface area contributed by atoms with Crippen molar-refractivity contribution in [2.45, 2.75) is 26.9 Å². The minimum Gasteiger partial charge on any atom is -0.489 e. The topological polar surface area (TPSA) is 97.5 Å². The Hall–Kier alpha value is -5.26. The summed E-state index contributed by atoms with van der Waals surface area (Å²) >= 11 is 0. The van der Waals surface area contributed by atoms with Crippen molar-refractivity contribution < 1.29 is 19.1 Å². The third-order valence-corrected chi connectivity index (χ3v) is 7.12. The van der Waals surface area contributed by atoms with E-state index in [1.54, 1.807) is 17.7 Å². The molecular formula is C35H32N4O4. The fourth-order valence-corrected chi connectivity index (χ4v) is 4.86. The molecule has 216 valence electrons. The van der Waals surface area contributed by atoms with Gasteiger partial charge in [0, 0.05) is 42.7 Å². The number of hydrogen-bond acceptors (Lipinski definition) is 6. The molecule has 3 aromatic carbocycles. The summed E-state index contributed by atoms with van der Waals surface area (Å²) in [7, 11) is 0. The van der Waals surface area contributed by atoms with Crippen molar-refractivity contribution in [2.75, 3.05) is 19.8 Å². The van der Waals surface area contributed by atoms with Crippen molar-refractivity contribution in [1.82, 2.24) is 14.7 Å². The summed E-state index contributed by atoms with van der Waals surface area (Å²) < 4.78 is 13.2. The lowest BCUT2D eigenvalue weighted by molar-refractivity contribution is -0.140. The minimum absolute atomic E-state index is 0.0458. The first-order valence-corrected chi connectivity index (χ1v) is 14.2. The van der Waals surface area contributed by atoms with Gasteiger partial charge in [-0.1, -0.05) is 60.7 Å². The molecule has 4 aromatic rings. The van der Waals surface area contributed by atoms with Crippen LogP contribution in [0.15, 0.2) is 108 Å². The Morgan fingerprint density at radius 2 is 1.70 bits per heavy atom. The molecule has 0 fully saturated rings. The van der Waals surface area contributed by atoms with Crippen molar-refractivity contribution in [3.63, 3.8) is 0 Å². The number of aromatic nitrogens is 2.